The van der Waals surface area contributed by atoms with E-state index in [2.05, 4.69) is 11.9 Å². The first-order chi connectivity index (χ1) is 7.61. The van der Waals surface area contributed by atoms with Gasteiger partial charge in [0.1, 0.15) is 11.3 Å². The lowest BCUT2D eigenvalue weighted by molar-refractivity contribution is -0.111. The first kappa shape index (κ1) is 10.5. The van der Waals surface area contributed by atoms with Crippen molar-refractivity contribution in [1.82, 2.24) is 0 Å². The molecule has 1 aromatic heterocycles. The number of carbonyl (C=O) groups excluding carboxylic acids is 1. The van der Waals surface area contributed by atoms with Crippen LogP contribution in [-0.2, 0) is 4.79 Å². The molecule has 0 atom stereocenters. The van der Waals surface area contributed by atoms with Gasteiger partial charge in [-0.3, -0.25) is 4.79 Å². The van der Waals surface area contributed by atoms with Gasteiger partial charge in [-0.1, -0.05) is 6.58 Å². The number of rotatable bonds is 2. The summed E-state index contributed by atoms with van der Waals surface area (Å²) in [6.07, 6.45) is 1.25. The number of carbonyl (C=O) groups is 1. The Morgan fingerprint density at radius 3 is 2.88 bits per heavy atom. The molecule has 0 saturated carbocycles. The molecule has 0 aliphatic rings. The Kier molecular flexibility index (Phi) is 2.52. The van der Waals surface area contributed by atoms with Crippen molar-refractivity contribution >= 4 is 22.6 Å². The lowest BCUT2D eigenvalue weighted by Gasteiger charge is -2.01. The fourth-order valence-electron chi connectivity index (χ4n) is 1.61. The first-order valence-electron chi connectivity index (χ1n) is 5.05. The van der Waals surface area contributed by atoms with Crippen molar-refractivity contribution in [2.45, 2.75) is 13.8 Å². The summed E-state index contributed by atoms with van der Waals surface area (Å²) in [5, 5.41) is 3.75. The molecule has 0 unspecified atom stereocenters. The van der Waals surface area contributed by atoms with Gasteiger partial charge in [-0.15, -0.1) is 0 Å². The van der Waals surface area contributed by atoms with E-state index < -0.39 is 0 Å². The van der Waals surface area contributed by atoms with Gasteiger partial charge in [0.2, 0.25) is 5.91 Å². The van der Waals surface area contributed by atoms with Gasteiger partial charge in [0.25, 0.3) is 0 Å². The van der Waals surface area contributed by atoms with Crippen molar-refractivity contribution in [3.63, 3.8) is 0 Å². The predicted molar refractivity (Wildman–Crippen MR) is 64.5 cm³/mol. The molecule has 1 heterocycles. The second-order valence-corrected chi connectivity index (χ2v) is 3.69. The van der Waals surface area contributed by atoms with Crippen molar-refractivity contribution < 1.29 is 9.21 Å². The van der Waals surface area contributed by atoms with E-state index in [1.807, 2.05) is 32.0 Å². The monoisotopic (exact) mass is 215 g/mol. The summed E-state index contributed by atoms with van der Waals surface area (Å²) in [6, 6.07) is 5.57. The van der Waals surface area contributed by atoms with Crippen molar-refractivity contribution in [3.05, 3.63) is 42.2 Å². The van der Waals surface area contributed by atoms with Crippen LogP contribution in [0.15, 0.2) is 35.3 Å². The van der Waals surface area contributed by atoms with Gasteiger partial charge in [-0.25, -0.2) is 0 Å². The van der Waals surface area contributed by atoms with Gasteiger partial charge in [0.15, 0.2) is 0 Å². The molecule has 1 N–H and O–H groups in total. The largest absolute Gasteiger partial charge is 0.461 e. The second-order valence-electron chi connectivity index (χ2n) is 3.69. The van der Waals surface area contributed by atoms with Crippen LogP contribution in [0.2, 0.25) is 0 Å². The number of furan rings is 1. The molecule has 0 spiro atoms. The van der Waals surface area contributed by atoms with Crippen LogP contribution in [-0.4, -0.2) is 5.91 Å². The van der Waals surface area contributed by atoms with E-state index in [0.29, 0.717) is 0 Å². The fourth-order valence-corrected chi connectivity index (χ4v) is 1.61. The Balaban J connectivity index is 2.46. The maximum atomic E-state index is 11.2. The van der Waals surface area contributed by atoms with Gasteiger partial charge in [-0.2, -0.15) is 0 Å². The highest BCUT2D eigenvalue weighted by atomic mass is 16.3. The molecule has 1 aromatic carbocycles. The summed E-state index contributed by atoms with van der Waals surface area (Å²) in [4.78, 5) is 11.2. The number of fused-ring (bicyclic) bond motifs is 1. The molecule has 2 aromatic rings. The minimum atomic E-state index is -0.211. The van der Waals surface area contributed by atoms with Gasteiger partial charge < -0.3 is 9.73 Å². The van der Waals surface area contributed by atoms with Crippen LogP contribution < -0.4 is 5.32 Å². The highest BCUT2D eigenvalue weighted by Crippen LogP contribution is 2.27. The molecule has 1 amide bonds. The Hall–Kier alpha value is -2.03. The molecule has 0 aliphatic heterocycles. The first-order valence-corrected chi connectivity index (χ1v) is 5.05. The minimum absolute atomic E-state index is 0.211. The van der Waals surface area contributed by atoms with Crippen molar-refractivity contribution in [2.24, 2.45) is 0 Å². The summed E-state index contributed by atoms with van der Waals surface area (Å²) in [6.45, 7) is 7.34. The lowest BCUT2D eigenvalue weighted by Crippen LogP contribution is -2.06. The molecule has 0 aliphatic carbocycles. The number of hydrogen-bond donors (Lipinski definition) is 1. The molecular weight excluding hydrogens is 202 g/mol. The molecule has 0 saturated heterocycles. The molecule has 0 bridgehead atoms. The number of anilines is 1. The molecular formula is C13H13NO2. The molecule has 3 heteroatoms. The smallest absolute Gasteiger partial charge is 0.247 e. The van der Waals surface area contributed by atoms with E-state index in [0.717, 1.165) is 28.0 Å². The molecule has 0 fully saturated rings. The summed E-state index contributed by atoms with van der Waals surface area (Å²) < 4.78 is 5.55. The zero-order valence-corrected chi connectivity index (χ0v) is 9.33. The van der Waals surface area contributed by atoms with Gasteiger partial charge in [-0.05, 0) is 43.7 Å². The third-order valence-electron chi connectivity index (χ3n) is 2.63. The van der Waals surface area contributed by atoms with Gasteiger partial charge in [0.05, 0.1) is 0 Å². The quantitative estimate of drug-likeness (QED) is 0.782. The number of amides is 1. The maximum Gasteiger partial charge on any atom is 0.247 e. The van der Waals surface area contributed by atoms with Crippen LogP contribution in [0.3, 0.4) is 0 Å². The molecule has 0 radical (unpaired) electrons. The van der Waals surface area contributed by atoms with Crippen LogP contribution in [0, 0.1) is 13.8 Å². The maximum absolute atomic E-state index is 11.2. The van der Waals surface area contributed by atoms with E-state index in [1.165, 1.54) is 6.08 Å². The van der Waals surface area contributed by atoms with Crippen LogP contribution in [0.5, 0.6) is 0 Å². The third-order valence-corrected chi connectivity index (χ3v) is 2.63. The van der Waals surface area contributed by atoms with E-state index in [1.54, 1.807) is 0 Å². The summed E-state index contributed by atoms with van der Waals surface area (Å²) in [5.41, 5.74) is 2.69. The van der Waals surface area contributed by atoms with Crippen molar-refractivity contribution in [2.75, 3.05) is 5.32 Å². The van der Waals surface area contributed by atoms with Gasteiger partial charge in [0, 0.05) is 11.1 Å². The van der Waals surface area contributed by atoms with E-state index >= 15 is 0 Å². The zero-order chi connectivity index (χ0) is 11.7. The average Bonchev–Trinajstić information content (AvgIpc) is 2.55. The highest BCUT2D eigenvalue weighted by molar-refractivity contribution is 6.00. The predicted octanol–water partition coefficient (Wildman–Crippen LogP) is 3.17. The van der Waals surface area contributed by atoms with E-state index in [4.69, 9.17) is 4.42 Å². The number of nitrogens with one attached hydrogen (secondary N) is 1. The molecule has 2 rings (SSSR count). The van der Waals surface area contributed by atoms with Crippen molar-refractivity contribution in [1.29, 1.82) is 0 Å². The Morgan fingerprint density at radius 2 is 2.19 bits per heavy atom. The molecule has 82 valence electrons. The number of aryl methyl sites for hydroxylation is 2. The topological polar surface area (TPSA) is 42.2 Å². The number of hydrogen-bond acceptors (Lipinski definition) is 2. The standard InChI is InChI=1S/C13H13NO2/c1-4-13(15)14-10-5-6-12-11(7-10)8(2)9(3)16-12/h4-7H,1H2,2-3H3,(H,14,15). The molecule has 16 heavy (non-hydrogen) atoms. The normalized spacial score (nSPS) is 10.4. The molecule has 3 nitrogen and oxygen atoms in total. The average molecular weight is 215 g/mol. The third kappa shape index (κ3) is 1.72. The van der Waals surface area contributed by atoms with Crippen LogP contribution in [0.1, 0.15) is 11.3 Å². The minimum Gasteiger partial charge on any atom is -0.461 e. The summed E-state index contributed by atoms with van der Waals surface area (Å²) in [5.74, 6) is 0.694. The Morgan fingerprint density at radius 1 is 1.44 bits per heavy atom. The van der Waals surface area contributed by atoms with E-state index in [-0.39, 0.29) is 5.91 Å². The second kappa shape index (κ2) is 3.85. The lowest BCUT2D eigenvalue weighted by atomic mass is 10.1. The Labute approximate surface area is 93.8 Å². The fraction of sp³-hybridized carbons (Fsp3) is 0.154. The van der Waals surface area contributed by atoms with Crippen LogP contribution in [0.25, 0.3) is 11.0 Å². The Bertz CT molecular complexity index is 567. The summed E-state index contributed by atoms with van der Waals surface area (Å²) in [7, 11) is 0. The highest BCUT2D eigenvalue weighted by Gasteiger charge is 2.07. The SMILES string of the molecule is C=CC(=O)Nc1ccc2oc(C)c(C)c2c1. The summed E-state index contributed by atoms with van der Waals surface area (Å²) >= 11 is 0. The van der Waals surface area contributed by atoms with Crippen LogP contribution in [0.4, 0.5) is 5.69 Å². The number of benzene rings is 1. The zero-order valence-electron chi connectivity index (χ0n) is 9.33. The van der Waals surface area contributed by atoms with Crippen LogP contribution >= 0.6 is 0 Å². The van der Waals surface area contributed by atoms with Crippen molar-refractivity contribution in [3.8, 4) is 0 Å². The van der Waals surface area contributed by atoms with Gasteiger partial charge >= 0.3 is 0 Å². The van der Waals surface area contributed by atoms with E-state index in [9.17, 15) is 4.79 Å².